The lowest BCUT2D eigenvalue weighted by atomic mass is 9.77. The lowest BCUT2D eigenvalue weighted by Gasteiger charge is -2.36. The van der Waals surface area contributed by atoms with Crippen molar-refractivity contribution in [3.05, 3.63) is 0 Å². The maximum Gasteiger partial charge on any atom is 0.0585 e. The largest absolute Gasteiger partial charge is 0.378 e. The van der Waals surface area contributed by atoms with Gasteiger partial charge in [0.1, 0.15) is 0 Å². The molecule has 2 N–H and O–H groups in total. The van der Waals surface area contributed by atoms with Crippen molar-refractivity contribution in [2.45, 2.75) is 32.3 Å². The van der Waals surface area contributed by atoms with Crippen molar-refractivity contribution in [2.24, 2.45) is 17.1 Å². The molecule has 2 fully saturated rings. The Labute approximate surface area is 68.1 Å². The Morgan fingerprint density at radius 2 is 2.18 bits per heavy atom. The van der Waals surface area contributed by atoms with Crippen molar-refractivity contribution >= 4 is 0 Å². The van der Waals surface area contributed by atoms with E-state index in [4.69, 9.17) is 10.5 Å². The van der Waals surface area contributed by atoms with Crippen molar-refractivity contribution in [1.82, 2.24) is 0 Å². The fraction of sp³-hybridized carbons (Fsp3) is 1.00. The lowest BCUT2D eigenvalue weighted by molar-refractivity contribution is -0.0397. The summed E-state index contributed by atoms with van der Waals surface area (Å²) in [6.07, 6.45) is 4.50. The van der Waals surface area contributed by atoms with Gasteiger partial charge in [0.2, 0.25) is 0 Å². The smallest absolute Gasteiger partial charge is 0.0585 e. The Bertz CT molecular complexity index is 152. The van der Waals surface area contributed by atoms with Gasteiger partial charge in [-0.15, -0.1) is 0 Å². The molecule has 11 heavy (non-hydrogen) atoms. The molecule has 0 bridgehead atoms. The molecule has 1 spiro atoms. The second kappa shape index (κ2) is 2.46. The third kappa shape index (κ3) is 1.09. The van der Waals surface area contributed by atoms with E-state index in [0.717, 1.165) is 19.1 Å². The molecule has 2 rings (SSSR count). The average Bonchev–Trinajstić information content (AvgIpc) is 2.62. The summed E-state index contributed by atoms with van der Waals surface area (Å²) in [6, 6.07) is 0. The highest BCUT2D eigenvalue weighted by Crippen LogP contribution is 2.65. The molecule has 64 valence electrons. The fourth-order valence-electron chi connectivity index (χ4n) is 2.47. The molecule has 2 aliphatic rings. The maximum absolute atomic E-state index is 5.60. The van der Waals surface area contributed by atoms with Crippen LogP contribution in [-0.2, 0) is 4.74 Å². The fourth-order valence-corrected chi connectivity index (χ4v) is 2.47. The van der Waals surface area contributed by atoms with Crippen molar-refractivity contribution in [2.75, 3.05) is 13.2 Å². The molecular weight excluding hydrogens is 138 g/mol. The predicted molar refractivity (Wildman–Crippen MR) is 44.2 cm³/mol. The standard InChI is InChI=1S/C9H17NO/c1-2-11-8-4-9(5-8)3-7(9)6-10/h7-8H,2-6,10H2,1H3. The van der Waals surface area contributed by atoms with Crippen LogP contribution in [0, 0.1) is 11.3 Å². The summed E-state index contributed by atoms with van der Waals surface area (Å²) in [5.41, 5.74) is 6.26. The van der Waals surface area contributed by atoms with Crippen LogP contribution in [0.25, 0.3) is 0 Å². The van der Waals surface area contributed by atoms with E-state index in [-0.39, 0.29) is 0 Å². The Balaban J connectivity index is 1.73. The van der Waals surface area contributed by atoms with Crippen LogP contribution < -0.4 is 5.73 Å². The highest BCUT2D eigenvalue weighted by atomic mass is 16.5. The first-order valence-electron chi connectivity index (χ1n) is 4.62. The van der Waals surface area contributed by atoms with Crippen molar-refractivity contribution in [3.63, 3.8) is 0 Å². The van der Waals surface area contributed by atoms with E-state index in [2.05, 4.69) is 6.92 Å². The van der Waals surface area contributed by atoms with Gasteiger partial charge in [0.25, 0.3) is 0 Å². The second-order valence-electron chi connectivity index (χ2n) is 3.98. The summed E-state index contributed by atoms with van der Waals surface area (Å²) < 4.78 is 5.51. The van der Waals surface area contributed by atoms with E-state index in [1.165, 1.54) is 19.3 Å². The molecule has 0 aliphatic heterocycles. The van der Waals surface area contributed by atoms with Gasteiger partial charge in [-0.25, -0.2) is 0 Å². The van der Waals surface area contributed by atoms with Gasteiger partial charge in [-0.1, -0.05) is 0 Å². The molecule has 2 aliphatic carbocycles. The molecule has 1 unspecified atom stereocenters. The molecule has 0 heterocycles. The minimum Gasteiger partial charge on any atom is -0.378 e. The number of hydrogen-bond acceptors (Lipinski definition) is 2. The van der Waals surface area contributed by atoms with Gasteiger partial charge in [-0.3, -0.25) is 0 Å². The van der Waals surface area contributed by atoms with Gasteiger partial charge >= 0.3 is 0 Å². The minimum absolute atomic E-state index is 0.566. The van der Waals surface area contributed by atoms with Crippen LogP contribution in [0.2, 0.25) is 0 Å². The van der Waals surface area contributed by atoms with E-state index in [0.29, 0.717) is 11.5 Å². The zero-order chi connectivity index (χ0) is 7.90. The molecule has 2 nitrogen and oxygen atoms in total. The van der Waals surface area contributed by atoms with Crippen molar-refractivity contribution < 1.29 is 4.74 Å². The monoisotopic (exact) mass is 155 g/mol. The summed E-state index contributed by atoms with van der Waals surface area (Å²) in [5.74, 6) is 0.833. The highest BCUT2D eigenvalue weighted by molar-refractivity contribution is 5.11. The molecule has 2 heteroatoms. The molecule has 2 saturated carbocycles. The van der Waals surface area contributed by atoms with E-state index < -0.39 is 0 Å². The van der Waals surface area contributed by atoms with Crippen LogP contribution in [0.5, 0.6) is 0 Å². The zero-order valence-corrected chi connectivity index (χ0v) is 7.18. The van der Waals surface area contributed by atoms with Gasteiger partial charge in [-0.2, -0.15) is 0 Å². The minimum atomic E-state index is 0.566. The predicted octanol–water partition coefficient (Wildman–Crippen LogP) is 1.15. The number of hydrogen-bond donors (Lipinski definition) is 1. The molecule has 0 saturated heterocycles. The van der Waals surface area contributed by atoms with Crippen LogP contribution in [0.3, 0.4) is 0 Å². The molecule has 0 amide bonds. The first-order valence-corrected chi connectivity index (χ1v) is 4.62. The van der Waals surface area contributed by atoms with Gasteiger partial charge in [0.05, 0.1) is 6.10 Å². The summed E-state index contributed by atoms with van der Waals surface area (Å²) in [4.78, 5) is 0. The van der Waals surface area contributed by atoms with E-state index in [1.54, 1.807) is 0 Å². The number of ether oxygens (including phenoxy) is 1. The Morgan fingerprint density at radius 1 is 1.45 bits per heavy atom. The number of rotatable bonds is 3. The van der Waals surface area contributed by atoms with Crippen LogP contribution in [0.4, 0.5) is 0 Å². The SMILES string of the molecule is CCOC1CC2(C1)CC2CN. The van der Waals surface area contributed by atoms with Gasteiger partial charge in [0, 0.05) is 6.61 Å². The molecule has 0 aromatic heterocycles. The van der Waals surface area contributed by atoms with E-state index in [9.17, 15) is 0 Å². The average molecular weight is 155 g/mol. The first kappa shape index (κ1) is 7.56. The van der Waals surface area contributed by atoms with Crippen LogP contribution in [-0.4, -0.2) is 19.3 Å². The van der Waals surface area contributed by atoms with Gasteiger partial charge < -0.3 is 10.5 Å². The van der Waals surface area contributed by atoms with Crippen LogP contribution in [0.1, 0.15) is 26.2 Å². The Hall–Kier alpha value is -0.0800. The van der Waals surface area contributed by atoms with Gasteiger partial charge in [-0.05, 0) is 44.1 Å². The normalized spacial score (nSPS) is 47.5. The summed E-state index contributed by atoms with van der Waals surface area (Å²) >= 11 is 0. The first-order chi connectivity index (χ1) is 5.30. The third-order valence-corrected chi connectivity index (χ3v) is 3.31. The van der Waals surface area contributed by atoms with Crippen molar-refractivity contribution in [3.8, 4) is 0 Å². The molecule has 0 aromatic rings. The molecule has 1 atom stereocenters. The number of nitrogens with two attached hydrogens (primary N) is 1. The maximum atomic E-state index is 5.60. The summed E-state index contributed by atoms with van der Waals surface area (Å²) in [7, 11) is 0. The van der Waals surface area contributed by atoms with Gasteiger partial charge in [0.15, 0.2) is 0 Å². The molecule has 0 radical (unpaired) electrons. The zero-order valence-electron chi connectivity index (χ0n) is 7.18. The Morgan fingerprint density at radius 3 is 2.64 bits per heavy atom. The van der Waals surface area contributed by atoms with E-state index >= 15 is 0 Å². The molecular formula is C9H17NO. The Kier molecular flexibility index (Phi) is 1.69. The second-order valence-corrected chi connectivity index (χ2v) is 3.98. The summed E-state index contributed by atoms with van der Waals surface area (Å²) in [6.45, 7) is 3.82. The molecule has 0 aromatic carbocycles. The lowest BCUT2D eigenvalue weighted by Crippen LogP contribution is -2.35. The van der Waals surface area contributed by atoms with Crippen LogP contribution in [0.15, 0.2) is 0 Å². The summed E-state index contributed by atoms with van der Waals surface area (Å²) in [5, 5.41) is 0. The van der Waals surface area contributed by atoms with E-state index in [1.807, 2.05) is 0 Å². The van der Waals surface area contributed by atoms with Crippen LogP contribution >= 0.6 is 0 Å². The van der Waals surface area contributed by atoms with Crippen molar-refractivity contribution in [1.29, 1.82) is 0 Å². The quantitative estimate of drug-likeness (QED) is 0.663. The highest BCUT2D eigenvalue weighted by Gasteiger charge is 2.60. The topological polar surface area (TPSA) is 35.2 Å². The third-order valence-electron chi connectivity index (χ3n) is 3.31.